The number of rotatable bonds is 6. The van der Waals surface area contributed by atoms with E-state index >= 15 is 0 Å². The van der Waals surface area contributed by atoms with Crippen molar-refractivity contribution >= 4 is 43.6 Å². The van der Waals surface area contributed by atoms with Crippen LogP contribution < -0.4 is 0 Å². The van der Waals surface area contributed by atoms with Crippen molar-refractivity contribution in [3.8, 4) is 56.4 Å². The summed E-state index contributed by atoms with van der Waals surface area (Å²) in [7, 11) is 0. The Morgan fingerprint density at radius 2 is 0.766 bits per heavy atom. The molecular formula is C60H50N4. The van der Waals surface area contributed by atoms with Crippen molar-refractivity contribution in [1.29, 1.82) is 0 Å². The largest absolute Gasteiger partial charge is 0.309 e. The molecule has 8 aromatic carbocycles. The minimum Gasteiger partial charge on any atom is -0.309 e. The third-order valence-electron chi connectivity index (χ3n) is 12.9. The lowest BCUT2D eigenvalue weighted by molar-refractivity contribution is 0.591. The van der Waals surface area contributed by atoms with Crippen LogP contribution in [0.1, 0.15) is 52.7 Å². The molecule has 0 saturated carbocycles. The third kappa shape index (κ3) is 6.69. The van der Waals surface area contributed by atoms with Gasteiger partial charge in [0, 0.05) is 49.4 Å². The number of para-hydroxylation sites is 3. The lowest BCUT2D eigenvalue weighted by Crippen LogP contribution is -2.10. The van der Waals surface area contributed by atoms with Gasteiger partial charge in [0.2, 0.25) is 0 Å². The van der Waals surface area contributed by atoms with E-state index in [4.69, 9.17) is 9.97 Å². The van der Waals surface area contributed by atoms with Gasteiger partial charge in [-0.3, -0.25) is 0 Å². The summed E-state index contributed by atoms with van der Waals surface area (Å²) in [5, 5.41) is 4.97. The van der Waals surface area contributed by atoms with E-state index in [1.54, 1.807) is 0 Å². The molecule has 0 spiro atoms. The molecule has 0 radical (unpaired) electrons. The maximum absolute atomic E-state index is 5.32. The standard InChI is InChI=1S/C60H50N4/c1-59(2,3)42-30-33-56-48(36-42)45-24-14-17-27-53(45)63(56)52-26-16-13-23-44(52)47-35-41(58-61-50(39-19-9-7-10-20-39)38-51(62-58)40-21-11-8-12-22-40)29-32-55(47)64-54-28-18-15-25-46(54)49-37-43(60(4,5)6)31-34-57(49)64/h7-38H,1-6H3. The molecule has 0 atom stereocenters. The SMILES string of the molecule is CC(C)(C)c1ccc2c(c1)c1ccccc1n2-c1ccccc1-c1cc(-c2nc(-c3ccccc3)cc(-c3ccccc3)n2)ccc1-n1c2ccccc2c2cc(C(C)(C)C)ccc21. The molecule has 0 N–H and O–H groups in total. The molecule has 0 saturated heterocycles. The van der Waals surface area contributed by atoms with Gasteiger partial charge in [0.05, 0.1) is 44.8 Å². The first-order valence-electron chi connectivity index (χ1n) is 22.3. The van der Waals surface area contributed by atoms with E-state index in [2.05, 4.69) is 233 Å². The molecule has 4 heteroatoms. The van der Waals surface area contributed by atoms with Crippen LogP contribution in [0.15, 0.2) is 194 Å². The zero-order valence-electron chi connectivity index (χ0n) is 37.3. The highest BCUT2D eigenvalue weighted by molar-refractivity contribution is 6.12. The van der Waals surface area contributed by atoms with Crippen LogP contribution in [0.25, 0.3) is 100 Å². The summed E-state index contributed by atoms with van der Waals surface area (Å²) < 4.78 is 4.93. The first kappa shape index (κ1) is 39.3. The molecular weight excluding hydrogens is 777 g/mol. The maximum atomic E-state index is 5.32. The van der Waals surface area contributed by atoms with Gasteiger partial charge in [0.15, 0.2) is 5.82 Å². The second kappa shape index (κ2) is 15.1. The van der Waals surface area contributed by atoms with Crippen molar-refractivity contribution in [2.45, 2.75) is 52.4 Å². The Hall–Kier alpha value is -7.56. The van der Waals surface area contributed by atoms with Crippen LogP contribution in [0, 0.1) is 0 Å². The topological polar surface area (TPSA) is 35.6 Å². The minimum atomic E-state index is 0.00594. The van der Waals surface area contributed by atoms with Crippen molar-refractivity contribution in [2.75, 3.05) is 0 Å². The molecule has 310 valence electrons. The summed E-state index contributed by atoms with van der Waals surface area (Å²) in [5.41, 5.74) is 16.5. The van der Waals surface area contributed by atoms with Gasteiger partial charge >= 0.3 is 0 Å². The molecule has 0 amide bonds. The van der Waals surface area contributed by atoms with Crippen LogP contribution in [-0.4, -0.2) is 19.1 Å². The van der Waals surface area contributed by atoms with Crippen molar-refractivity contribution < 1.29 is 0 Å². The predicted molar refractivity (Wildman–Crippen MR) is 270 cm³/mol. The molecule has 0 bridgehead atoms. The fourth-order valence-corrected chi connectivity index (χ4v) is 9.47. The van der Waals surface area contributed by atoms with Crippen molar-refractivity contribution in [2.24, 2.45) is 0 Å². The highest BCUT2D eigenvalue weighted by atomic mass is 15.0. The molecule has 64 heavy (non-hydrogen) atoms. The van der Waals surface area contributed by atoms with Crippen LogP contribution in [0.2, 0.25) is 0 Å². The second-order valence-electron chi connectivity index (χ2n) is 19.1. The number of benzene rings is 8. The molecule has 0 aliphatic carbocycles. The molecule has 3 aromatic heterocycles. The quantitative estimate of drug-likeness (QED) is 0.167. The van der Waals surface area contributed by atoms with Crippen LogP contribution in [0.5, 0.6) is 0 Å². The number of aromatic nitrogens is 4. The summed E-state index contributed by atoms with van der Waals surface area (Å²) >= 11 is 0. The fraction of sp³-hybridized carbons (Fsp3) is 0.133. The third-order valence-corrected chi connectivity index (χ3v) is 12.9. The van der Waals surface area contributed by atoms with Gasteiger partial charge in [-0.1, -0.05) is 169 Å². The molecule has 4 nitrogen and oxygen atoms in total. The van der Waals surface area contributed by atoms with Gasteiger partial charge in [-0.05, 0) is 88.7 Å². The second-order valence-corrected chi connectivity index (χ2v) is 19.1. The number of fused-ring (bicyclic) bond motifs is 6. The maximum Gasteiger partial charge on any atom is 0.160 e. The average molecular weight is 827 g/mol. The fourth-order valence-electron chi connectivity index (χ4n) is 9.47. The monoisotopic (exact) mass is 826 g/mol. The highest BCUT2D eigenvalue weighted by Gasteiger charge is 2.24. The average Bonchev–Trinajstić information content (AvgIpc) is 3.83. The van der Waals surface area contributed by atoms with E-state index in [9.17, 15) is 0 Å². The minimum absolute atomic E-state index is 0.00594. The first-order valence-corrected chi connectivity index (χ1v) is 22.3. The van der Waals surface area contributed by atoms with E-state index in [-0.39, 0.29) is 10.8 Å². The van der Waals surface area contributed by atoms with E-state index in [0.29, 0.717) is 5.82 Å². The van der Waals surface area contributed by atoms with Crippen molar-refractivity contribution in [3.05, 3.63) is 205 Å². The predicted octanol–water partition coefficient (Wildman–Crippen LogP) is 15.9. The van der Waals surface area contributed by atoms with Crippen LogP contribution in [-0.2, 0) is 10.8 Å². The number of hydrogen-bond acceptors (Lipinski definition) is 2. The summed E-state index contributed by atoms with van der Waals surface area (Å²) in [5.74, 6) is 0.675. The van der Waals surface area contributed by atoms with Gasteiger partial charge in [-0.25, -0.2) is 9.97 Å². The van der Waals surface area contributed by atoms with E-state index < -0.39 is 0 Å². The molecule has 11 rings (SSSR count). The van der Waals surface area contributed by atoms with Gasteiger partial charge in [0.1, 0.15) is 0 Å². The Balaban J connectivity index is 1.22. The number of hydrogen-bond donors (Lipinski definition) is 0. The Morgan fingerprint density at radius 1 is 0.328 bits per heavy atom. The Labute approximate surface area is 375 Å². The molecule has 0 fully saturated rings. The molecule has 0 aliphatic heterocycles. The highest BCUT2D eigenvalue weighted by Crippen LogP contribution is 2.43. The van der Waals surface area contributed by atoms with Crippen LogP contribution in [0.3, 0.4) is 0 Å². The van der Waals surface area contributed by atoms with E-state index in [1.165, 1.54) is 49.2 Å². The lowest BCUT2D eigenvalue weighted by atomic mass is 9.86. The Bertz CT molecular complexity index is 3500. The zero-order chi connectivity index (χ0) is 43.7. The first-order chi connectivity index (χ1) is 31.0. The zero-order valence-corrected chi connectivity index (χ0v) is 37.3. The van der Waals surface area contributed by atoms with Gasteiger partial charge in [-0.2, -0.15) is 0 Å². The summed E-state index contributed by atoms with van der Waals surface area (Å²) in [6, 6.07) is 70.4. The summed E-state index contributed by atoms with van der Waals surface area (Å²) in [4.78, 5) is 10.6. The summed E-state index contributed by atoms with van der Waals surface area (Å²) in [6.45, 7) is 13.7. The van der Waals surface area contributed by atoms with E-state index in [0.717, 1.165) is 56.1 Å². The summed E-state index contributed by atoms with van der Waals surface area (Å²) in [6.07, 6.45) is 0. The van der Waals surface area contributed by atoms with Gasteiger partial charge in [-0.15, -0.1) is 0 Å². The molecule has 11 aromatic rings. The lowest BCUT2D eigenvalue weighted by Gasteiger charge is -2.21. The Morgan fingerprint density at radius 3 is 1.28 bits per heavy atom. The Kier molecular flexibility index (Phi) is 9.25. The van der Waals surface area contributed by atoms with Crippen molar-refractivity contribution in [3.63, 3.8) is 0 Å². The van der Waals surface area contributed by atoms with Gasteiger partial charge < -0.3 is 9.13 Å². The molecule has 0 unspecified atom stereocenters. The normalized spacial score (nSPS) is 12.2. The molecule has 3 heterocycles. The number of nitrogens with zero attached hydrogens (tertiary/aromatic N) is 4. The van der Waals surface area contributed by atoms with Crippen molar-refractivity contribution in [1.82, 2.24) is 19.1 Å². The van der Waals surface area contributed by atoms with Crippen LogP contribution >= 0.6 is 0 Å². The smallest absolute Gasteiger partial charge is 0.160 e. The van der Waals surface area contributed by atoms with E-state index in [1.807, 2.05) is 12.1 Å². The van der Waals surface area contributed by atoms with Gasteiger partial charge in [0.25, 0.3) is 0 Å². The van der Waals surface area contributed by atoms with Crippen LogP contribution in [0.4, 0.5) is 0 Å². The molecule has 0 aliphatic rings.